The molecule has 3 unspecified atom stereocenters. The first-order chi connectivity index (χ1) is 17.4. The summed E-state index contributed by atoms with van der Waals surface area (Å²) < 4.78 is 52.5. The molecule has 0 amide bonds. The molecule has 2 N–H and O–H groups in total. The van der Waals surface area contributed by atoms with Crippen LogP contribution in [0.1, 0.15) is 17.4 Å². The number of nitrogens with one attached hydrogen (secondary N) is 2. The molecule has 2 aromatic heterocycles. The van der Waals surface area contributed by atoms with Crippen LogP contribution in [0.15, 0.2) is 84.5 Å². The zero-order chi connectivity index (χ0) is 25.7. The molecule has 0 aliphatic carbocycles. The predicted molar refractivity (Wildman–Crippen MR) is 147 cm³/mol. The maximum absolute atomic E-state index is 13.7. The van der Waals surface area contributed by atoms with Gasteiger partial charge in [0.05, 0.1) is 26.8 Å². The fourth-order valence-electron chi connectivity index (χ4n) is 3.39. The highest BCUT2D eigenvalue weighted by Crippen LogP contribution is 2.33. The van der Waals surface area contributed by atoms with E-state index in [2.05, 4.69) is 25.4 Å². The molecular weight excluding hydrogens is 606 g/mol. The van der Waals surface area contributed by atoms with E-state index < -0.39 is 38.9 Å². The molecule has 0 aliphatic rings. The highest BCUT2D eigenvalue weighted by Gasteiger charge is 2.30. The van der Waals surface area contributed by atoms with Gasteiger partial charge in [-0.1, -0.05) is 34.1 Å². The van der Waals surface area contributed by atoms with Crippen LogP contribution in [0.3, 0.4) is 0 Å². The van der Waals surface area contributed by atoms with Crippen LogP contribution in [-0.2, 0) is 37.7 Å². The van der Waals surface area contributed by atoms with Crippen molar-refractivity contribution < 1.29 is 22.2 Å². The molecule has 0 bridgehead atoms. The topological polar surface area (TPSA) is 106 Å². The Morgan fingerprint density at radius 1 is 1.00 bits per heavy atom. The van der Waals surface area contributed by atoms with Gasteiger partial charge in [-0.25, -0.2) is 30.8 Å². The van der Waals surface area contributed by atoms with E-state index in [0.717, 1.165) is 0 Å². The number of ether oxygens (including phenoxy) is 1. The van der Waals surface area contributed by atoms with Crippen molar-refractivity contribution in [3.63, 3.8) is 0 Å². The van der Waals surface area contributed by atoms with Gasteiger partial charge in [-0.3, -0.25) is 0 Å². The van der Waals surface area contributed by atoms with Crippen molar-refractivity contribution in [2.24, 2.45) is 0 Å². The molecule has 2 heterocycles. The number of nitrogens with zero attached hydrogens (tertiary/aromatic N) is 1. The second-order valence-corrected chi connectivity index (χ2v) is 12.8. The van der Waals surface area contributed by atoms with Gasteiger partial charge in [0.15, 0.2) is 16.7 Å². The Balaban J connectivity index is 1.70. The van der Waals surface area contributed by atoms with Crippen LogP contribution in [-0.4, -0.2) is 42.3 Å². The second-order valence-electron chi connectivity index (χ2n) is 7.20. The molecule has 0 radical (unpaired) electrons. The van der Waals surface area contributed by atoms with Gasteiger partial charge in [0, 0.05) is 28.3 Å². The average Bonchev–Trinajstić information content (AvgIpc) is 3.53. The Bertz CT molecular complexity index is 1440. The lowest BCUT2D eigenvalue weighted by Crippen LogP contribution is -2.30. The molecule has 0 aliphatic heterocycles. The van der Waals surface area contributed by atoms with Gasteiger partial charge in [0.1, 0.15) is 22.0 Å². The number of rotatable bonds is 11. The summed E-state index contributed by atoms with van der Waals surface area (Å²) in [4.78, 5) is 14.5. The smallest absolute Gasteiger partial charge is 0.357 e. The number of thiophene rings is 1. The van der Waals surface area contributed by atoms with Gasteiger partial charge in [-0.2, -0.15) is 11.3 Å². The van der Waals surface area contributed by atoms with Crippen molar-refractivity contribution in [1.82, 2.24) is 13.4 Å². The van der Waals surface area contributed by atoms with Crippen LogP contribution in [0.2, 0.25) is 0 Å². The first-order valence-corrected chi connectivity index (χ1v) is 15.9. The number of esters is 1. The zero-order valence-corrected chi connectivity index (χ0v) is 23.8. The van der Waals surface area contributed by atoms with Crippen molar-refractivity contribution in [3.05, 3.63) is 75.5 Å². The monoisotopic (exact) mass is 627 g/mol. The van der Waals surface area contributed by atoms with Gasteiger partial charge in [0.2, 0.25) is 0 Å². The van der Waals surface area contributed by atoms with Crippen LogP contribution < -0.4 is 9.44 Å². The fraction of sp³-hybridized carbons (Fsp3) is 0.174. The SMILES string of the molecule is CCOC(=O)c1c(S(=O)NCCNS(=O)c2ccsc2)c2cc(Br)ccc2n1S(=O)c1ccccc1. The highest BCUT2D eigenvalue weighted by atomic mass is 79.9. The van der Waals surface area contributed by atoms with Gasteiger partial charge in [-0.05, 0) is 48.7 Å². The molecule has 0 saturated carbocycles. The first-order valence-electron chi connectivity index (χ1n) is 10.7. The van der Waals surface area contributed by atoms with Crippen molar-refractivity contribution in [1.29, 1.82) is 0 Å². The minimum absolute atomic E-state index is 0.0484. The van der Waals surface area contributed by atoms with Crippen molar-refractivity contribution in [2.45, 2.75) is 21.6 Å². The number of hydrogen-bond donors (Lipinski definition) is 2. The Morgan fingerprint density at radius 2 is 1.72 bits per heavy atom. The molecule has 8 nitrogen and oxygen atoms in total. The normalized spacial score (nSPS) is 13.9. The number of carbonyl (C=O) groups excluding carboxylic acids is 1. The molecule has 36 heavy (non-hydrogen) atoms. The summed E-state index contributed by atoms with van der Waals surface area (Å²) >= 11 is 4.88. The molecular formula is C23H22BrN3O5S4. The summed E-state index contributed by atoms with van der Waals surface area (Å²) in [5.41, 5.74) is 0.429. The molecule has 4 rings (SSSR count). The third-order valence-electron chi connectivity index (χ3n) is 4.91. The minimum Gasteiger partial charge on any atom is -0.461 e. The molecule has 0 fully saturated rings. The Kier molecular flexibility index (Phi) is 9.39. The quantitative estimate of drug-likeness (QED) is 0.192. The molecule has 0 saturated heterocycles. The Labute approximate surface area is 228 Å². The highest BCUT2D eigenvalue weighted by molar-refractivity contribution is 9.10. The van der Waals surface area contributed by atoms with E-state index in [4.69, 9.17) is 4.74 Å². The number of benzene rings is 2. The maximum Gasteiger partial charge on any atom is 0.357 e. The summed E-state index contributed by atoms with van der Waals surface area (Å²) in [6, 6.07) is 15.7. The first kappa shape index (κ1) is 27.0. The van der Waals surface area contributed by atoms with E-state index in [9.17, 15) is 17.4 Å². The summed E-state index contributed by atoms with van der Waals surface area (Å²) in [5, 5.41) is 4.13. The lowest BCUT2D eigenvalue weighted by Gasteiger charge is -2.11. The second kappa shape index (κ2) is 12.5. The van der Waals surface area contributed by atoms with Crippen LogP contribution in [0.4, 0.5) is 0 Å². The van der Waals surface area contributed by atoms with E-state index in [1.807, 2.05) is 11.4 Å². The Morgan fingerprint density at radius 3 is 2.39 bits per heavy atom. The van der Waals surface area contributed by atoms with Gasteiger partial charge >= 0.3 is 5.97 Å². The van der Waals surface area contributed by atoms with Crippen LogP contribution in [0.5, 0.6) is 0 Å². The molecule has 2 aromatic carbocycles. The summed E-state index contributed by atoms with van der Waals surface area (Å²) in [6.45, 7) is 2.23. The summed E-state index contributed by atoms with van der Waals surface area (Å²) in [7, 11) is -5.05. The molecule has 190 valence electrons. The zero-order valence-electron chi connectivity index (χ0n) is 19.0. The molecule has 0 spiro atoms. The lowest BCUT2D eigenvalue weighted by molar-refractivity contribution is 0.0514. The number of hydrogen-bond acceptors (Lipinski definition) is 6. The predicted octanol–water partition coefficient (Wildman–Crippen LogP) is 4.14. The standard InChI is InChI=1S/C23H22BrN3O5S4/c1-2-32-23(28)21-22(35(30)26-12-11-25-34(29)18-10-13-33-15-18)19-14-16(24)8-9-20(19)27(21)36(31)17-6-4-3-5-7-17/h3-10,13-15,25-26H,2,11-12H2,1H3. The van der Waals surface area contributed by atoms with Crippen molar-refractivity contribution >= 4 is 77.1 Å². The number of fused-ring (bicyclic) bond motifs is 1. The lowest BCUT2D eigenvalue weighted by atomic mass is 10.2. The average molecular weight is 629 g/mol. The molecule has 4 aromatic rings. The van der Waals surface area contributed by atoms with Crippen LogP contribution in [0, 0.1) is 0 Å². The van der Waals surface area contributed by atoms with E-state index in [-0.39, 0.29) is 30.3 Å². The van der Waals surface area contributed by atoms with E-state index in [0.29, 0.717) is 25.2 Å². The summed E-state index contributed by atoms with van der Waals surface area (Å²) in [6.07, 6.45) is 0. The van der Waals surface area contributed by atoms with Crippen LogP contribution in [0.25, 0.3) is 10.9 Å². The largest absolute Gasteiger partial charge is 0.461 e. The van der Waals surface area contributed by atoms with E-state index >= 15 is 0 Å². The number of aromatic nitrogens is 1. The van der Waals surface area contributed by atoms with Crippen molar-refractivity contribution in [3.8, 4) is 0 Å². The molecule has 13 heteroatoms. The minimum atomic E-state index is -1.87. The number of halogens is 1. The Hall–Kier alpha value is -2.00. The fourth-order valence-corrected chi connectivity index (χ4v) is 7.98. The maximum atomic E-state index is 13.7. The van der Waals surface area contributed by atoms with E-state index in [1.165, 1.54) is 15.3 Å². The van der Waals surface area contributed by atoms with Gasteiger partial charge in [0.25, 0.3) is 0 Å². The van der Waals surface area contributed by atoms with Gasteiger partial charge < -0.3 is 4.74 Å². The van der Waals surface area contributed by atoms with Gasteiger partial charge in [-0.15, -0.1) is 0 Å². The third-order valence-corrected chi connectivity index (χ3v) is 10.0. The molecule has 3 atom stereocenters. The van der Waals surface area contributed by atoms with E-state index in [1.54, 1.807) is 60.8 Å². The summed E-state index contributed by atoms with van der Waals surface area (Å²) in [5.74, 6) is -0.726. The van der Waals surface area contributed by atoms with Crippen molar-refractivity contribution in [2.75, 3.05) is 19.7 Å². The third kappa shape index (κ3) is 5.93. The number of carbonyl (C=O) groups is 1. The van der Waals surface area contributed by atoms with Crippen LogP contribution >= 0.6 is 27.3 Å².